The normalized spacial score (nSPS) is 24.2. The highest BCUT2D eigenvalue weighted by molar-refractivity contribution is 6.38. The number of carbonyl (C=O) groups is 6. The van der Waals surface area contributed by atoms with Crippen molar-refractivity contribution in [3.05, 3.63) is 24.3 Å². The quantitative estimate of drug-likeness (QED) is 0.230. The first-order valence-electron chi connectivity index (χ1n) is 18.2. The SMILES string of the molecule is CCC[C@@H](NC(=O)[C@@H]1[C@H]2CCC[C@@H]2CN1C(=O)[C@@H](NC(=O)[C@@H](NC(=O)c1cnccn1)C1CCCCC1)C(C)(C)C)C(=O)C(=O)NC1CC1. The van der Waals surface area contributed by atoms with Crippen LogP contribution in [0.1, 0.15) is 115 Å². The van der Waals surface area contributed by atoms with Crippen LogP contribution in [0.25, 0.3) is 0 Å². The van der Waals surface area contributed by atoms with E-state index in [1.165, 1.54) is 18.6 Å². The largest absolute Gasteiger partial charge is 0.347 e. The van der Waals surface area contributed by atoms with Gasteiger partial charge >= 0.3 is 0 Å². The third-order valence-electron chi connectivity index (χ3n) is 10.7. The number of amides is 5. The van der Waals surface area contributed by atoms with Crippen LogP contribution >= 0.6 is 0 Å². The van der Waals surface area contributed by atoms with Gasteiger partial charge in [-0.1, -0.05) is 59.8 Å². The van der Waals surface area contributed by atoms with Crippen molar-refractivity contribution in [1.29, 1.82) is 0 Å². The Hall–Kier alpha value is -3.90. The first kappa shape index (κ1) is 36.4. The minimum absolute atomic E-state index is 0.0132. The average Bonchev–Trinajstić information content (AvgIpc) is 3.65. The monoisotopic (exact) mass is 679 g/mol. The van der Waals surface area contributed by atoms with E-state index in [-0.39, 0.29) is 35.4 Å². The van der Waals surface area contributed by atoms with Crippen molar-refractivity contribution < 1.29 is 28.8 Å². The lowest BCUT2D eigenvalue weighted by Crippen LogP contribution is -2.62. The Kier molecular flexibility index (Phi) is 11.7. The third kappa shape index (κ3) is 8.83. The molecule has 0 unspecified atom stereocenters. The van der Waals surface area contributed by atoms with E-state index < -0.39 is 59.0 Å². The summed E-state index contributed by atoms with van der Waals surface area (Å²) >= 11 is 0. The van der Waals surface area contributed by atoms with Crippen LogP contribution in [0.2, 0.25) is 0 Å². The lowest BCUT2D eigenvalue weighted by molar-refractivity contribution is -0.146. The molecule has 4 N–H and O–H groups in total. The van der Waals surface area contributed by atoms with Crippen molar-refractivity contribution in [1.82, 2.24) is 36.1 Å². The molecule has 4 aliphatic rings. The predicted molar refractivity (Wildman–Crippen MR) is 181 cm³/mol. The summed E-state index contributed by atoms with van der Waals surface area (Å²) in [5.74, 6) is -3.20. The van der Waals surface area contributed by atoms with Crippen molar-refractivity contribution in [2.24, 2.45) is 23.2 Å². The molecular formula is C36H53N7O6. The smallest absolute Gasteiger partial charge is 0.289 e. The molecule has 49 heavy (non-hydrogen) atoms. The van der Waals surface area contributed by atoms with Gasteiger partial charge < -0.3 is 26.2 Å². The minimum atomic E-state index is -0.994. The van der Waals surface area contributed by atoms with Gasteiger partial charge in [0.2, 0.25) is 23.5 Å². The molecule has 4 fully saturated rings. The number of nitrogens with zero attached hydrogens (tertiary/aromatic N) is 3. The molecule has 1 aromatic rings. The van der Waals surface area contributed by atoms with E-state index in [2.05, 4.69) is 31.2 Å². The fourth-order valence-electron chi connectivity index (χ4n) is 7.87. The summed E-state index contributed by atoms with van der Waals surface area (Å²) in [4.78, 5) is 91.4. The zero-order chi connectivity index (χ0) is 35.3. The number of likely N-dealkylation sites (tertiary alicyclic amines) is 1. The minimum Gasteiger partial charge on any atom is -0.347 e. The molecule has 5 rings (SSSR count). The molecular weight excluding hydrogens is 626 g/mol. The number of fused-ring (bicyclic) bond motifs is 1. The van der Waals surface area contributed by atoms with Gasteiger partial charge in [0.25, 0.3) is 11.8 Å². The van der Waals surface area contributed by atoms with Crippen molar-refractivity contribution in [2.75, 3.05) is 6.54 Å². The number of Topliss-reactive ketones (excluding diaryl/α,β-unsaturated/α-hetero) is 1. The molecule has 2 heterocycles. The van der Waals surface area contributed by atoms with E-state index in [4.69, 9.17) is 0 Å². The summed E-state index contributed by atoms with van der Waals surface area (Å²) in [6.07, 6.45) is 13.9. The summed E-state index contributed by atoms with van der Waals surface area (Å²) in [7, 11) is 0. The summed E-state index contributed by atoms with van der Waals surface area (Å²) < 4.78 is 0. The molecule has 0 aromatic carbocycles. The van der Waals surface area contributed by atoms with Crippen molar-refractivity contribution in [2.45, 2.75) is 135 Å². The molecule has 6 atom stereocenters. The number of carbonyl (C=O) groups excluding carboxylic acids is 6. The van der Waals surface area contributed by atoms with Crippen LogP contribution in [0.3, 0.4) is 0 Å². The van der Waals surface area contributed by atoms with E-state index in [1.807, 2.05) is 27.7 Å². The Morgan fingerprint density at radius 3 is 2.27 bits per heavy atom. The zero-order valence-corrected chi connectivity index (χ0v) is 29.3. The molecule has 13 nitrogen and oxygen atoms in total. The van der Waals surface area contributed by atoms with Gasteiger partial charge in [0.1, 0.15) is 23.8 Å². The van der Waals surface area contributed by atoms with E-state index >= 15 is 0 Å². The molecule has 0 bridgehead atoms. The zero-order valence-electron chi connectivity index (χ0n) is 29.3. The topological polar surface area (TPSA) is 180 Å². The molecule has 3 aliphatic carbocycles. The van der Waals surface area contributed by atoms with Gasteiger partial charge in [-0.3, -0.25) is 33.8 Å². The van der Waals surface area contributed by atoms with Gasteiger partial charge in [-0.2, -0.15) is 0 Å². The number of hydrogen-bond acceptors (Lipinski definition) is 8. The van der Waals surface area contributed by atoms with Gasteiger partial charge in [-0.25, -0.2) is 4.98 Å². The lowest BCUT2D eigenvalue weighted by atomic mass is 9.82. The molecule has 13 heteroatoms. The second kappa shape index (κ2) is 15.8. The highest BCUT2D eigenvalue weighted by Gasteiger charge is 2.52. The van der Waals surface area contributed by atoms with Gasteiger partial charge in [0.15, 0.2) is 0 Å². The summed E-state index contributed by atoms with van der Waals surface area (Å²) in [6.45, 7) is 7.85. The van der Waals surface area contributed by atoms with E-state index in [1.54, 1.807) is 4.90 Å². The van der Waals surface area contributed by atoms with Crippen LogP contribution in [-0.2, 0) is 24.0 Å². The second-order valence-electron chi connectivity index (χ2n) is 15.5. The van der Waals surface area contributed by atoms with E-state index in [9.17, 15) is 28.8 Å². The van der Waals surface area contributed by atoms with Crippen molar-refractivity contribution in [3.63, 3.8) is 0 Å². The van der Waals surface area contributed by atoms with Gasteiger partial charge in [0, 0.05) is 25.0 Å². The maximum Gasteiger partial charge on any atom is 0.289 e. The van der Waals surface area contributed by atoms with Crippen LogP contribution in [0.5, 0.6) is 0 Å². The van der Waals surface area contributed by atoms with Crippen LogP contribution < -0.4 is 21.3 Å². The van der Waals surface area contributed by atoms with Crippen LogP contribution in [0.4, 0.5) is 0 Å². The second-order valence-corrected chi connectivity index (χ2v) is 15.5. The van der Waals surface area contributed by atoms with Crippen molar-refractivity contribution in [3.8, 4) is 0 Å². The first-order chi connectivity index (χ1) is 23.4. The van der Waals surface area contributed by atoms with Crippen LogP contribution in [0, 0.1) is 23.2 Å². The fraction of sp³-hybridized carbons (Fsp3) is 0.722. The summed E-state index contributed by atoms with van der Waals surface area (Å²) in [5.41, 5.74) is -0.638. The Morgan fingerprint density at radius 2 is 1.63 bits per heavy atom. The fourth-order valence-corrected chi connectivity index (χ4v) is 7.87. The molecule has 1 saturated heterocycles. The third-order valence-corrected chi connectivity index (χ3v) is 10.7. The van der Waals surface area contributed by atoms with Crippen LogP contribution in [0.15, 0.2) is 18.6 Å². The summed E-state index contributed by atoms with van der Waals surface area (Å²) in [5, 5.41) is 11.5. The Labute approximate surface area is 288 Å². The highest BCUT2D eigenvalue weighted by atomic mass is 16.2. The first-order valence-corrected chi connectivity index (χ1v) is 18.2. The number of ketones is 1. The molecule has 3 saturated carbocycles. The maximum atomic E-state index is 14.6. The predicted octanol–water partition coefficient (Wildman–Crippen LogP) is 2.45. The van der Waals surface area contributed by atoms with Crippen molar-refractivity contribution >= 4 is 35.3 Å². The highest BCUT2D eigenvalue weighted by Crippen LogP contribution is 2.43. The molecule has 1 aromatic heterocycles. The molecule has 268 valence electrons. The van der Waals surface area contributed by atoms with Gasteiger partial charge in [0.05, 0.1) is 12.2 Å². The number of rotatable bonds is 13. The van der Waals surface area contributed by atoms with Gasteiger partial charge in [-0.05, 0) is 68.1 Å². The molecule has 0 spiro atoms. The van der Waals surface area contributed by atoms with E-state index in [0.717, 1.165) is 64.2 Å². The van der Waals surface area contributed by atoms with E-state index in [0.29, 0.717) is 19.4 Å². The Bertz CT molecular complexity index is 1390. The lowest BCUT2D eigenvalue weighted by Gasteiger charge is -2.38. The Balaban J connectivity index is 1.36. The molecule has 5 amide bonds. The summed E-state index contributed by atoms with van der Waals surface area (Å²) in [6, 6.07) is -3.68. The van der Waals surface area contributed by atoms with Crippen LogP contribution in [-0.4, -0.2) is 86.9 Å². The average molecular weight is 680 g/mol. The number of aromatic nitrogens is 2. The number of nitrogens with one attached hydrogen (secondary N) is 4. The molecule has 0 radical (unpaired) electrons. The number of hydrogen-bond donors (Lipinski definition) is 4. The molecule has 1 aliphatic heterocycles. The maximum absolute atomic E-state index is 14.6. The standard InChI is InChI=1S/C36H53N7O6/c1-5-10-25(29(44)34(48)39-23-15-16-23)40-33(47)28-24-14-9-13-22(24)20-43(28)35(49)30(36(2,3)4)42-32(46)27(21-11-7-6-8-12-21)41-31(45)26-19-37-17-18-38-26/h17-19,21-25,27-28,30H,5-16,20H2,1-4H3,(H,39,48)(H,40,47)(H,41,45)(H,42,46)/t22-,24+,25-,27+,28+,30-/m1/s1. The Morgan fingerprint density at radius 1 is 0.898 bits per heavy atom. The van der Waals surface area contributed by atoms with Gasteiger partial charge in [-0.15, -0.1) is 0 Å².